The fourth-order valence-electron chi connectivity index (χ4n) is 3.50. The third-order valence-electron chi connectivity index (χ3n) is 5.52. The van der Waals surface area contributed by atoms with Crippen molar-refractivity contribution >= 4 is 47.4 Å². The number of carbonyl (C=O) groups excluding carboxylic acids is 3. The van der Waals surface area contributed by atoms with Crippen LogP contribution in [0.1, 0.15) is 12.8 Å². The first-order valence-electron chi connectivity index (χ1n) is 11.6. The van der Waals surface area contributed by atoms with Gasteiger partial charge in [0.25, 0.3) is 0 Å². The Morgan fingerprint density at radius 1 is 0.730 bits per heavy atom. The van der Waals surface area contributed by atoms with Crippen LogP contribution >= 0.6 is 11.8 Å². The topological polar surface area (TPSA) is 218 Å². The number of nitrogens with one attached hydrogen (secondary N) is 4. The van der Waals surface area contributed by atoms with Crippen LogP contribution in [0.3, 0.4) is 0 Å². The number of rotatable bonds is 17. The van der Waals surface area contributed by atoms with Crippen LogP contribution in [-0.4, -0.2) is 144 Å². The zero-order valence-corrected chi connectivity index (χ0v) is 21.7. The van der Waals surface area contributed by atoms with Gasteiger partial charge in [0.15, 0.2) is 0 Å². The van der Waals surface area contributed by atoms with Crippen molar-refractivity contribution in [3.63, 3.8) is 0 Å². The van der Waals surface area contributed by atoms with E-state index >= 15 is 0 Å². The third kappa shape index (κ3) is 12.7. The van der Waals surface area contributed by atoms with Crippen LogP contribution in [0.15, 0.2) is 0 Å². The van der Waals surface area contributed by atoms with Gasteiger partial charge in [-0.2, -0.15) is 11.8 Å². The Kier molecular flexibility index (Phi) is 14.5. The van der Waals surface area contributed by atoms with E-state index in [0.717, 1.165) is 37.9 Å². The molecule has 7 N–H and O–H groups in total. The molecule has 1 heterocycles. The average Bonchev–Trinajstić information content (AvgIpc) is 2.82. The highest BCUT2D eigenvalue weighted by molar-refractivity contribution is 7.98. The molecule has 0 bridgehead atoms. The fraction of sp³-hybridized carbons (Fsp3) is 0.714. The molecule has 0 spiro atoms. The van der Waals surface area contributed by atoms with Crippen LogP contribution < -0.4 is 21.3 Å². The number of carboxylic acids is 3. The van der Waals surface area contributed by atoms with E-state index in [1.807, 2.05) is 11.9 Å². The SMILES string of the molecule is CNCCN1CCN(CC(=O)N[C@@H](CC(=O)N[C@@H](CC(=O)N[C@@H](CSC)C(=O)O)C(=O)O)C(=O)O)CC1. The van der Waals surface area contributed by atoms with E-state index in [0.29, 0.717) is 13.1 Å². The molecule has 1 aliphatic rings. The average molecular weight is 549 g/mol. The number of likely N-dealkylation sites (N-methyl/N-ethyl adjacent to an activating group) is 1. The highest BCUT2D eigenvalue weighted by Crippen LogP contribution is 2.03. The maximum Gasteiger partial charge on any atom is 0.327 e. The second kappa shape index (κ2) is 16.7. The molecule has 1 saturated heterocycles. The molecular weight excluding hydrogens is 512 g/mol. The quantitative estimate of drug-likeness (QED) is 0.0947. The number of nitrogens with zero attached hydrogens (tertiary/aromatic N) is 2. The van der Waals surface area contributed by atoms with E-state index in [-0.39, 0.29) is 12.3 Å². The van der Waals surface area contributed by atoms with E-state index in [1.54, 1.807) is 6.26 Å². The van der Waals surface area contributed by atoms with Crippen LogP contribution in [0, 0.1) is 0 Å². The van der Waals surface area contributed by atoms with Gasteiger partial charge in [0.2, 0.25) is 17.7 Å². The molecule has 1 aliphatic heterocycles. The summed E-state index contributed by atoms with van der Waals surface area (Å²) in [4.78, 5) is 75.2. The van der Waals surface area contributed by atoms with Crippen molar-refractivity contribution in [1.29, 1.82) is 0 Å². The molecule has 37 heavy (non-hydrogen) atoms. The lowest BCUT2D eigenvalue weighted by molar-refractivity contribution is -0.145. The second-order valence-electron chi connectivity index (χ2n) is 8.46. The summed E-state index contributed by atoms with van der Waals surface area (Å²) in [6, 6.07) is -4.57. The standard InChI is InChI=1S/C21H36N6O9S/c1-22-3-4-26-5-7-27(8-6-26)11-18(30)24-14(20(33)34)10-16(28)23-13(19(31)32)9-17(29)25-15(12-37-2)21(35)36/h13-15,22H,3-12H2,1-2H3,(H,23,28)(H,24,30)(H,25,29)(H,31,32)(H,33,34)(H,35,36)/t13-,14-,15-/m0/s1. The zero-order chi connectivity index (χ0) is 28.0. The molecule has 0 radical (unpaired) electrons. The van der Waals surface area contributed by atoms with Crippen LogP contribution in [0.5, 0.6) is 0 Å². The first-order valence-corrected chi connectivity index (χ1v) is 13.0. The van der Waals surface area contributed by atoms with Gasteiger partial charge < -0.3 is 36.6 Å². The molecule has 3 amide bonds. The molecule has 15 nitrogen and oxygen atoms in total. The number of amides is 3. The molecule has 1 rings (SSSR count). The van der Waals surface area contributed by atoms with E-state index in [1.165, 1.54) is 0 Å². The minimum Gasteiger partial charge on any atom is -0.480 e. The lowest BCUT2D eigenvalue weighted by Crippen LogP contribution is -2.53. The summed E-state index contributed by atoms with van der Waals surface area (Å²) < 4.78 is 0. The smallest absolute Gasteiger partial charge is 0.327 e. The Hall–Kier alpha value is -2.95. The van der Waals surface area contributed by atoms with E-state index in [9.17, 15) is 39.0 Å². The Morgan fingerprint density at radius 2 is 1.16 bits per heavy atom. The molecular formula is C21H36N6O9S. The summed E-state index contributed by atoms with van der Waals surface area (Å²) in [7, 11) is 1.86. The molecule has 0 aromatic heterocycles. The molecule has 16 heteroatoms. The van der Waals surface area contributed by atoms with Gasteiger partial charge in [-0.1, -0.05) is 0 Å². The molecule has 0 aliphatic carbocycles. The summed E-state index contributed by atoms with van der Waals surface area (Å²) >= 11 is 1.16. The van der Waals surface area contributed by atoms with Gasteiger partial charge in [0.1, 0.15) is 18.1 Å². The minimum atomic E-state index is -1.72. The summed E-state index contributed by atoms with van der Waals surface area (Å²) in [5.41, 5.74) is 0. The van der Waals surface area contributed by atoms with Crippen molar-refractivity contribution in [2.75, 3.05) is 64.9 Å². The van der Waals surface area contributed by atoms with E-state index < -0.39 is 66.6 Å². The van der Waals surface area contributed by atoms with Gasteiger partial charge >= 0.3 is 17.9 Å². The molecule has 0 saturated carbocycles. The van der Waals surface area contributed by atoms with Crippen LogP contribution in [0.25, 0.3) is 0 Å². The van der Waals surface area contributed by atoms with Crippen molar-refractivity contribution in [2.45, 2.75) is 31.0 Å². The fourth-order valence-corrected chi connectivity index (χ4v) is 4.06. The predicted molar refractivity (Wildman–Crippen MR) is 133 cm³/mol. The molecule has 1 fully saturated rings. The maximum atomic E-state index is 12.4. The van der Waals surface area contributed by atoms with Gasteiger partial charge in [0.05, 0.1) is 19.4 Å². The highest BCUT2D eigenvalue weighted by atomic mass is 32.2. The Morgan fingerprint density at radius 3 is 1.59 bits per heavy atom. The molecule has 0 unspecified atom stereocenters. The first kappa shape index (κ1) is 32.1. The number of carbonyl (C=O) groups is 6. The zero-order valence-electron chi connectivity index (χ0n) is 20.9. The monoisotopic (exact) mass is 548 g/mol. The van der Waals surface area contributed by atoms with Gasteiger partial charge in [-0.15, -0.1) is 0 Å². The summed E-state index contributed by atoms with van der Waals surface area (Å²) in [5.74, 6) is -6.80. The number of carboxylic acid groups (broad SMARTS) is 3. The van der Waals surface area contributed by atoms with E-state index in [2.05, 4.69) is 26.2 Å². The van der Waals surface area contributed by atoms with Crippen LogP contribution in [0.2, 0.25) is 0 Å². The van der Waals surface area contributed by atoms with Gasteiger partial charge in [0, 0.05) is 45.0 Å². The number of thioether (sulfide) groups is 1. The van der Waals surface area contributed by atoms with Gasteiger partial charge in [-0.05, 0) is 13.3 Å². The summed E-state index contributed by atoms with van der Waals surface area (Å²) in [5, 5.41) is 37.4. The van der Waals surface area contributed by atoms with Crippen LogP contribution in [-0.2, 0) is 28.8 Å². The second-order valence-corrected chi connectivity index (χ2v) is 9.37. The van der Waals surface area contributed by atoms with E-state index in [4.69, 9.17) is 5.11 Å². The highest BCUT2D eigenvalue weighted by Gasteiger charge is 2.30. The molecule has 210 valence electrons. The van der Waals surface area contributed by atoms with Crippen molar-refractivity contribution in [1.82, 2.24) is 31.1 Å². The maximum absolute atomic E-state index is 12.4. The Balaban J connectivity index is 2.59. The molecule has 0 aromatic rings. The third-order valence-corrected chi connectivity index (χ3v) is 6.19. The van der Waals surface area contributed by atoms with Crippen molar-refractivity contribution in [3.05, 3.63) is 0 Å². The normalized spacial score (nSPS) is 16.7. The predicted octanol–water partition coefficient (Wildman–Crippen LogP) is -3.33. The minimum absolute atomic E-state index is 0.0516. The number of aliphatic carboxylic acids is 3. The van der Waals surface area contributed by atoms with Crippen LogP contribution in [0.4, 0.5) is 0 Å². The Labute approximate surface area is 218 Å². The molecule has 3 atom stereocenters. The summed E-state index contributed by atoms with van der Waals surface area (Å²) in [6.07, 6.45) is 0.116. The molecule has 0 aromatic carbocycles. The Bertz CT molecular complexity index is 822. The lowest BCUT2D eigenvalue weighted by atomic mass is 10.1. The number of piperazine rings is 1. The van der Waals surface area contributed by atoms with Crippen molar-refractivity contribution < 1.29 is 44.1 Å². The van der Waals surface area contributed by atoms with Crippen molar-refractivity contribution in [2.24, 2.45) is 0 Å². The van der Waals surface area contributed by atoms with Gasteiger partial charge in [-0.3, -0.25) is 24.2 Å². The van der Waals surface area contributed by atoms with Gasteiger partial charge in [-0.25, -0.2) is 14.4 Å². The lowest BCUT2D eigenvalue weighted by Gasteiger charge is -2.34. The van der Waals surface area contributed by atoms with Crippen molar-refractivity contribution in [3.8, 4) is 0 Å². The first-order chi connectivity index (χ1) is 17.5. The largest absolute Gasteiger partial charge is 0.480 e. The summed E-state index contributed by atoms with van der Waals surface area (Å²) in [6.45, 7) is 4.43. The number of hydrogen-bond donors (Lipinski definition) is 7. The number of hydrogen-bond acceptors (Lipinski definition) is 10.